The molecule has 0 spiro atoms. The average Bonchev–Trinajstić information content (AvgIpc) is 2.62. The van der Waals surface area contributed by atoms with E-state index in [2.05, 4.69) is 10.5 Å². The Morgan fingerprint density at radius 1 is 1.19 bits per heavy atom. The molecule has 1 amide bonds. The zero-order valence-corrected chi connectivity index (χ0v) is 16.3. The topological polar surface area (TPSA) is 59.9 Å². The van der Waals surface area contributed by atoms with Gasteiger partial charge in [-0.05, 0) is 56.7 Å². The largest absolute Gasteiger partial charge is 0.493 e. The molecule has 2 aromatic carbocycles. The van der Waals surface area contributed by atoms with Gasteiger partial charge >= 0.3 is 0 Å². The summed E-state index contributed by atoms with van der Waals surface area (Å²) in [4.78, 5) is 12.9. The van der Waals surface area contributed by atoms with E-state index in [0.717, 1.165) is 10.5 Å². The zero-order valence-electron chi connectivity index (χ0n) is 15.5. The predicted octanol–water partition coefficient (Wildman–Crippen LogP) is 4.03. The molecule has 1 N–H and O–H groups in total. The van der Waals surface area contributed by atoms with Crippen LogP contribution in [0.5, 0.6) is 11.5 Å². The molecule has 0 radical (unpaired) electrons. The minimum Gasteiger partial charge on any atom is -0.493 e. The number of aryl methyl sites for hydroxylation is 1. The highest BCUT2D eigenvalue weighted by atomic mass is 32.2. The van der Waals surface area contributed by atoms with Crippen molar-refractivity contribution in [3.63, 3.8) is 0 Å². The molecule has 0 aliphatic rings. The van der Waals surface area contributed by atoms with Crippen molar-refractivity contribution < 1.29 is 14.3 Å². The Kier molecular flexibility index (Phi) is 7.53. The van der Waals surface area contributed by atoms with Crippen LogP contribution < -0.4 is 14.9 Å². The van der Waals surface area contributed by atoms with Gasteiger partial charge in [0.1, 0.15) is 0 Å². The molecule has 2 aromatic rings. The van der Waals surface area contributed by atoms with Gasteiger partial charge in [-0.2, -0.15) is 5.10 Å². The van der Waals surface area contributed by atoms with Gasteiger partial charge in [-0.25, -0.2) is 5.43 Å². The Bertz CT molecular complexity index is 758. The zero-order chi connectivity index (χ0) is 18.9. The van der Waals surface area contributed by atoms with Crippen molar-refractivity contribution in [2.24, 2.45) is 5.10 Å². The van der Waals surface area contributed by atoms with E-state index < -0.39 is 0 Å². The van der Waals surface area contributed by atoms with Crippen molar-refractivity contribution in [2.45, 2.75) is 31.8 Å². The first-order chi connectivity index (χ1) is 12.5. The van der Waals surface area contributed by atoms with Gasteiger partial charge in [-0.1, -0.05) is 17.7 Å². The highest BCUT2D eigenvalue weighted by molar-refractivity contribution is 8.00. The van der Waals surface area contributed by atoms with E-state index in [4.69, 9.17) is 9.47 Å². The SMILES string of the molecule is COc1cc(/C=N/NC(=O)CSc2ccc(C)cc2)ccc1OC(C)C. The standard InChI is InChI=1S/C20H24N2O3S/c1-14(2)25-18-10-7-16(11-19(18)24-4)12-21-22-20(23)13-26-17-8-5-15(3)6-9-17/h5-12,14H,13H2,1-4H3,(H,22,23)/b21-12+. The van der Waals surface area contributed by atoms with Gasteiger partial charge in [0.15, 0.2) is 11.5 Å². The summed E-state index contributed by atoms with van der Waals surface area (Å²) in [7, 11) is 1.59. The summed E-state index contributed by atoms with van der Waals surface area (Å²) in [6.07, 6.45) is 1.64. The molecular formula is C20H24N2O3S. The minimum absolute atomic E-state index is 0.0636. The Labute approximate surface area is 158 Å². The highest BCUT2D eigenvalue weighted by Gasteiger charge is 2.07. The third kappa shape index (κ3) is 6.44. The van der Waals surface area contributed by atoms with E-state index in [1.54, 1.807) is 13.3 Å². The molecule has 0 aliphatic heterocycles. The normalized spacial score (nSPS) is 11.0. The minimum atomic E-state index is -0.154. The van der Waals surface area contributed by atoms with Crippen LogP contribution in [0.1, 0.15) is 25.0 Å². The van der Waals surface area contributed by atoms with Crippen molar-refractivity contribution in [1.82, 2.24) is 5.43 Å². The van der Waals surface area contributed by atoms with Crippen LogP contribution in [0.25, 0.3) is 0 Å². The van der Waals surface area contributed by atoms with Gasteiger partial charge in [0.25, 0.3) is 0 Å². The molecule has 0 unspecified atom stereocenters. The molecule has 0 saturated heterocycles. The van der Waals surface area contributed by atoms with Gasteiger partial charge in [-0.3, -0.25) is 4.79 Å². The number of carbonyl (C=O) groups is 1. The van der Waals surface area contributed by atoms with Crippen LogP contribution in [0.15, 0.2) is 52.5 Å². The van der Waals surface area contributed by atoms with Gasteiger partial charge < -0.3 is 9.47 Å². The molecule has 0 bridgehead atoms. The fourth-order valence-electron chi connectivity index (χ4n) is 2.11. The summed E-state index contributed by atoms with van der Waals surface area (Å²) in [6, 6.07) is 13.6. The maximum Gasteiger partial charge on any atom is 0.250 e. The van der Waals surface area contributed by atoms with Gasteiger partial charge in [0.2, 0.25) is 5.91 Å². The molecule has 0 fully saturated rings. The Morgan fingerprint density at radius 3 is 2.58 bits per heavy atom. The van der Waals surface area contributed by atoms with Gasteiger partial charge in [-0.15, -0.1) is 11.8 Å². The first-order valence-electron chi connectivity index (χ1n) is 8.34. The number of hydrazone groups is 1. The van der Waals surface area contributed by atoms with Gasteiger partial charge in [0, 0.05) is 4.90 Å². The third-order valence-electron chi connectivity index (χ3n) is 3.34. The number of thioether (sulfide) groups is 1. The third-order valence-corrected chi connectivity index (χ3v) is 4.36. The Hall–Kier alpha value is -2.47. The molecule has 5 nitrogen and oxygen atoms in total. The Morgan fingerprint density at radius 2 is 1.92 bits per heavy atom. The molecular weight excluding hydrogens is 348 g/mol. The fraction of sp³-hybridized carbons (Fsp3) is 0.300. The molecule has 0 atom stereocenters. The molecule has 138 valence electrons. The summed E-state index contributed by atoms with van der Waals surface area (Å²) in [5.74, 6) is 1.46. The number of benzene rings is 2. The van der Waals surface area contributed by atoms with E-state index in [1.807, 2.05) is 63.2 Å². The van der Waals surface area contributed by atoms with Crippen molar-refractivity contribution in [1.29, 1.82) is 0 Å². The number of nitrogens with zero attached hydrogens (tertiary/aromatic N) is 1. The summed E-state index contributed by atoms with van der Waals surface area (Å²) in [6.45, 7) is 5.95. The van der Waals surface area contributed by atoms with Crippen molar-refractivity contribution in [3.05, 3.63) is 53.6 Å². The quantitative estimate of drug-likeness (QED) is 0.432. The van der Waals surface area contributed by atoms with E-state index in [1.165, 1.54) is 17.3 Å². The summed E-state index contributed by atoms with van der Waals surface area (Å²) >= 11 is 1.47. The van der Waals surface area contributed by atoms with Crippen LogP contribution in [0, 0.1) is 6.92 Å². The lowest BCUT2D eigenvalue weighted by molar-refractivity contribution is -0.118. The number of carbonyl (C=O) groups excluding carboxylic acids is 1. The molecule has 6 heteroatoms. The van der Waals surface area contributed by atoms with Crippen molar-refractivity contribution in [2.75, 3.05) is 12.9 Å². The number of hydrogen-bond acceptors (Lipinski definition) is 5. The van der Waals surface area contributed by atoms with Crippen LogP contribution in [0.2, 0.25) is 0 Å². The van der Waals surface area contributed by atoms with Crippen LogP contribution in [-0.4, -0.2) is 31.1 Å². The number of hydrogen-bond donors (Lipinski definition) is 1. The van der Waals surface area contributed by atoms with E-state index in [-0.39, 0.29) is 12.0 Å². The smallest absolute Gasteiger partial charge is 0.250 e. The molecule has 0 aliphatic carbocycles. The number of methoxy groups -OCH3 is 1. The second-order valence-corrected chi connectivity index (χ2v) is 7.02. The Balaban J connectivity index is 1.86. The van der Waals surface area contributed by atoms with Crippen molar-refractivity contribution >= 4 is 23.9 Å². The summed E-state index contributed by atoms with van der Waals surface area (Å²) in [5, 5.41) is 4.00. The van der Waals surface area contributed by atoms with Crippen LogP contribution in [0.3, 0.4) is 0 Å². The predicted molar refractivity (Wildman–Crippen MR) is 106 cm³/mol. The first-order valence-corrected chi connectivity index (χ1v) is 9.32. The van der Waals surface area contributed by atoms with Crippen molar-refractivity contribution in [3.8, 4) is 11.5 Å². The van der Waals surface area contributed by atoms with E-state index in [0.29, 0.717) is 17.3 Å². The summed E-state index contributed by atoms with van der Waals surface area (Å²) < 4.78 is 11.0. The molecule has 0 saturated carbocycles. The molecule has 26 heavy (non-hydrogen) atoms. The van der Waals surface area contributed by atoms with E-state index in [9.17, 15) is 4.79 Å². The second kappa shape index (κ2) is 9.87. The van der Waals surface area contributed by atoms with Crippen LogP contribution in [-0.2, 0) is 4.79 Å². The summed E-state index contributed by atoms with van der Waals surface area (Å²) in [5.41, 5.74) is 4.54. The maximum absolute atomic E-state index is 11.9. The number of rotatable bonds is 8. The molecule has 2 rings (SSSR count). The second-order valence-electron chi connectivity index (χ2n) is 5.97. The molecule has 0 heterocycles. The highest BCUT2D eigenvalue weighted by Crippen LogP contribution is 2.28. The monoisotopic (exact) mass is 372 g/mol. The number of ether oxygens (including phenoxy) is 2. The number of nitrogens with one attached hydrogen (secondary N) is 1. The lowest BCUT2D eigenvalue weighted by Crippen LogP contribution is -2.19. The van der Waals surface area contributed by atoms with Crippen LogP contribution >= 0.6 is 11.8 Å². The van der Waals surface area contributed by atoms with Gasteiger partial charge in [0.05, 0.1) is 25.2 Å². The maximum atomic E-state index is 11.9. The van der Waals surface area contributed by atoms with E-state index >= 15 is 0 Å². The number of amides is 1. The lowest BCUT2D eigenvalue weighted by Gasteiger charge is -2.13. The lowest BCUT2D eigenvalue weighted by atomic mass is 10.2. The first kappa shape index (κ1) is 19.8. The molecule has 0 aromatic heterocycles. The average molecular weight is 372 g/mol. The fourth-order valence-corrected chi connectivity index (χ4v) is 2.80. The van der Waals surface area contributed by atoms with Crippen LogP contribution in [0.4, 0.5) is 0 Å².